The molecule has 0 unspecified atom stereocenters. The minimum atomic E-state index is 0. The Morgan fingerprint density at radius 2 is 1.26 bits per heavy atom. The molecule has 1 aliphatic rings. The Morgan fingerprint density at radius 1 is 0.690 bits per heavy atom. The predicted octanol–water partition coefficient (Wildman–Crippen LogP) is 7.53. The molecule has 0 atom stereocenters. The van der Waals surface area contributed by atoms with Gasteiger partial charge < -0.3 is 14.7 Å². The molecule has 42 heavy (non-hydrogen) atoms. The molecule has 6 rings (SSSR count). The van der Waals surface area contributed by atoms with Gasteiger partial charge in [0.1, 0.15) is 5.75 Å². The van der Waals surface area contributed by atoms with Crippen molar-refractivity contribution in [3.8, 4) is 16.9 Å². The second kappa shape index (κ2) is 15.4. The van der Waals surface area contributed by atoms with Gasteiger partial charge in [-0.2, -0.15) is 0 Å². The molecule has 0 saturated heterocycles. The lowest BCUT2D eigenvalue weighted by Crippen LogP contribution is -2.19. The van der Waals surface area contributed by atoms with Gasteiger partial charge in [0.05, 0.1) is 28.9 Å². The standard InChI is InChI=1S/C20H19N3O.C14H14.2C2H6.2H2/c1-12-8-13(2)21-16(12)10-19-20(24-3)11-18(23-19)17-9-14-6-4-5-7-15(14)22-17;1-11-7-3-5-9-13(11)14-10-6-4-8-12(14)2;2*1-2;;/h4-11,21,23H,1-3H3;3-10H,1-2H3;2*1-2H3;2*1H/b18-17+,19-10+;;;;;. The molecular weight excluding hydrogens is 514 g/mol. The van der Waals surface area contributed by atoms with Gasteiger partial charge in [-0.15, -0.1) is 0 Å². The fourth-order valence-corrected chi connectivity index (χ4v) is 4.82. The van der Waals surface area contributed by atoms with Crippen molar-refractivity contribution in [2.24, 2.45) is 4.99 Å². The summed E-state index contributed by atoms with van der Waals surface area (Å²) in [6.45, 7) is 16.5. The Balaban J connectivity index is 0.000000417. The number of hydrogen-bond donors (Lipinski definition) is 2. The molecule has 0 radical (unpaired) electrons. The molecule has 0 spiro atoms. The second-order valence-corrected chi connectivity index (χ2v) is 9.69. The minimum absolute atomic E-state index is 0. The molecule has 1 aliphatic heterocycles. The van der Waals surface area contributed by atoms with E-state index in [9.17, 15) is 0 Å². The van der Waals surface area contributed by atoms with Gasteiger partial charge in [0.15, 0.2) is 0 Å². The third kappa shape index (κ3) is 7.58. The number of fused-ring (bicyclic) bond motifs is 1. The number of methoxy groups -OCH3 is 1. The van der Waals surface area contributed by atoms with E-state index < -0.39 is 0 Å². The highest BCUT2D eigenvalue weighted by Gasteiger charge is 2.07. The molecule has 4 heteroatoms. The van der Waals surface area contributed by atoms with Crippen LogP contribution in [0.3, 0.4) is 0 Å². The van der Waals surface area contributed by atoms with E-state index in [0.29, 0.717) is 0 Å². The fraction of sp³-hybridized carbons (Fsp3) is 0.237. The van der Waals surface area contributed by atoms with Crippen LogP contribution in [-0.4, -0.2) is 17.1 Å². The number of rotatable bonds is 3. The number of ether oxygens (including phenoxy) is 1. The van der Waals surface area contributed by atoms with Gasteiger partial charge in [-0.05, 0) is 79.8 Å². The summed E-state index contributed by atoms with van der Waals surface area (Å²) >= 11 is 0. The highest BCUT2D eigenvalue weighted by molar-refractivity contribution is 5.77. The van der Waals surface area contributed by atoms with E-state index in [2.05, 4.69) is 110 Å². The van der Waals surface area contributed by atoms with Crippen molar-refractivity contribution >= 4 is 17.8 Å². The summed E-state index contributed by atoms with van der Waals surface area (Å²) in [5.41, 5.74) is 9.71. The van der Waals surface area contributed by atoms with Crippen LogP contribution in [0.15, 0.2) is 89.9 Å². The number of nitrogens with zero attached hydrogens (tertiary/aromatic N) is 1. The molecule has 0 fully saturated rings. The molecule has 3 heterocycles. The van der Waals surface area contributed by atoms with Gasteiger partial charge in [-0.25, -0.2) is 4.99 Å². The van der Waals surface area contributed by atoms with E-state index in [1.54, 1.807) is 7.11 Å². The largest absolute Gasteiger partial charge is 0.494 e. The third-order valence-corrected chi connectivity index (χ3v) is 6.83. The molecule has 3 aromatic carbocycles. The van der Waals surface area contributed by atoms with Crippen LogP contribution in [0.1, 0.15) is 58.6 Å². The van der Waals surface area contributed by atoms with Crippen molar-refractivity contribution in [3.05, 3.63) is 134 Å². The van der Waals surface area contributed by atoms with E-state index >= 15 is 0 Å². The maximum absolute atomic E-state index is 5.54. The smallest absolute Gasteiger partial charge is 0.144 e. The molecule has 2 aromatic heterocycles. The van der Waals surface area contributed by atoms with Crippen LogP contribution in [0.25, 0.3) is 29.0 Å². The van der Waals surface area contributed by atoms with Crippen molar-refractivity contribution in [2.45, 2.75) is 55.4 Å². The van der Waals surface area contributed by atoms with E-state index in [-0.39, 0.29) is 2.85 Å². The number of aromatic nitrogens is 2. The number of aromatic amines is 2. The summed E-state index contributed by atoms with van der Waals surface area (Å²) in [7, 11) is 1.69. The average Bonchev–Trinajstić information content (AvgIpc) is 3.72. The van der Waals surface area contributed by atoms with Crippen molar-refractivity contribution in [3.63, 3.8) is 0 Å². The number of para-hydroxylation sites is 1. The molecule has 222 valence electrons. The Bertz CT molecular complexity index is 1790. The SMILES string of the molecule is CC.CC.COc1c/c(=C2/C=c3ccccc3=N2)[nH]/c1=C/c1[nH]c(C)cc1C.Cc1ccccc1-c1ccccc1C.[HH].[HH]. The van der Waals surface area contributed by atoms with Gasteiger partial charge in [-0.1, -0.05) is 94.4 Å². The lowest BCUT2D eigenvalue weighted by atomic mass is 9.97. The molecule has 0 saturated carbocycles. The Kier molecular flexibility index (Phi) is 11.7. The molecule has 2 N–H and O–H groups in total. The quantitative estimate of drug-likeness (QED) is 0.234. The number of hydrogen-bond acceptors (Lipinski definition) is 2. The molecule has 5 aromatic rings. The van der Waals surface area contributed by atoms with Crippen LogP contribution in [0.2, 0.25) is 0 Å². The molecule has 0 aliphatic carbocycles. The summed E-state index contributed by atoms with van der Waals surface area (Å²) in [6, 6.07) is 29.3. The number of nitrogens with one attached hydrogen (secondary N) is 2. The van der Waals surface area contributed by atoms with Crippen LogP contribution in [-0.2, 0) is 0 Å². The average molecular weight is 564 g/mol. The predicted molar refractivity (Wildman–Crippen MR) is 184 cm³/mol. The first kappa shape index (κ1) is 32.0. The maximum Gasteiger partial charge on any atom is 0.144 e. The van der Waals surface area contributed by atoms with Gasteiger partial charge in [0.25, 0.3) is 0 Å². The zero-order valence-corrected chi connectivity index (χ0v) is 26.6. The van der Waals surface area contributed by atoms with Gasteiger partial charge in [-0.3, -0.25) is 0 Å². The van der Waals surface area contributed by atoms with Crippen molar-refractivity contribution in [2.75, 3.05) is 7.11 Å². The summed E-state index contributed by atoms with van der Waals surface area (Å²) in [6.07, 6.45) is 4.17. The number of H-pyrrole nitrogens is 2. The van der Waals surface area contributed by atoms with E-state index in [1.807, 2.05) is 52.0 Å². The van der Waals surface area contributed by atoms with Crippen LogP contribution in [0, 0.1) is 27.7 Å². The van der Waals surface area contributed by atoms with E-state index in [1.165, 1.54) is 27.8 Å². The van der Waals surface area contributed by atoms with Crippen LogP contribution in [0.5, 0.6) is 5.75 Å². The van der Waals surface area contributed by atoms with Crippen molar-refractivity contribution < 1.29 is 7.59 Å². The lowest BCUT2D eigenvalue weighted by molar-refractivity contribution is 0.412. The number of benzene rings is 3. The summed E-state index contributed by atoms with van der Waals surface area (Å²) in [5, 5.41) is 4.03. The first-order valence-corrected chi connectivity index (χ1v) is 14.9. The van der Waals surface area contributed by atoms with E-state index in [0.717, 1.165) is 44.1 Å². The van der Waals surface area contributed by atoms with Gasteiger partial charge >= 0.3 is 0 Å². The normalized spacial score (nSPS) is 12.7. The maximum atomic E-state index is 5.54. The monoisotopic (exact) mass is 563 g/mol. The minimum Gasteiger partial charge on any atom is -0.494 e. The second-order valence-electron chi connectivity index (χ2n) is 9.69. The Labute approximate surface area is 253 Å². The Hall–Kier alpha value is -4.57. The highest BCUT2D eigenvalue weighted by Crippen LogP contribution is 2.25. The zero-order chi connectivity index (χ0) is 30.6. The van der Waals surface area contributed by atoms with Gasteiger partial charge in [0, 0.05) is 25.5 Å². The Morgan fingerprint density at radius 3 is 1.79 bits per heavy atom. The van der Waals surface area contributed by atoms with Gasteiger partial charge in [0.2, 0.25) is 0 Å². The fourth-order valence-electron chi connectivity index (χ4n) is 4.82. The van der Waals surface area contributed by atoms with Crippen LogP contribution >= 0.6 is 0 Å². The topological polar surface area (TPSA) is 53.2 Å². The molecule has 0 amide bonds. The molecular formula is C38H49N3O. The first-order valence-electron chi connectivity index (χ1n) is 14.9. The van der Waals surface area contributed by atoms with Crippen molar-refractivity contribution in [1.82, 2.24) is 9.97 Å². The van der Waals surface area contributed by atoms with Crippen LogP contribution < -0.4 is 26.0 Å². The molecule has 0 bridgehead atoms. The zero-order valence-electron chi connectivity index (χ0n) is 26.6. The van der Waals surface area contributed by atoms with Crippen LogP contribution in [0.4, 0.5) is 0 Å². The third-order valence-electron chi connectivity index (χ3n) is 6.83. The lowest BCUT2D eigenvalue weighted by Gasteiger charge is -2.08. The first-order chi connectivity index (χ1) is 20.4. The summed E-state index contributed by atoms with van der Waals surface area (Å²) in [4.78, 5) is 11.5. The summed E-state index contributed by atoms with van der Waals surface area (Å²) < 4.78 is 5.54. The number of aryl methyl sites for hydroxylation is 4. The molecule has 4 nitrogen and oxygen atoms in total. The summed E-state index contributed by atoms with van der Waals surface area (Å²) in [5.74, 6) is 0.809. The van der Waals surface area contributed by atoms with Crippen molar-refractivity contribution in [1.29, 1.82) is 0 Å². The highest BCUT2D eigenvalue weighted by atomic mass is 16.5. The van der Waals surface area contributed by atoms with E-state index in [4.69, 9.17) is 9.73 Å².